The number of azo groups is 2. The third-order valence-corrected chi connectivity index (χ3v) is 5.21. The van der Waals surface area contributed by atoms with Crippen LogP contribution in [0.1, 0.15) is 11.6 Å². The molecule has 0 saturated heterocycles. The summed E-state index contributed by atoms with van der Waals surface area (Å²) < 4.78 is 9.51. The van der Waals surface area contributed by atoms with Crippen molar-refractivity contribution in [2.75, 3.05) is 0 Å². The highest BCUT2D eigenvalue weighted by Crippen LogP contribution is 2.61. The maximum absolute atomic E-state index is 11.6. The maximum atomic E-state index is 11.6. The summed E-state index contributed by atoms with van der Waals surface area (Å²) in [4.78, 5) is 25.8. The van der Waals surface area contributed by atoms with Crippen molar-refractivity contribution in [1.82, 2.24) is 19.9 Å². The Morgan fingerprint density at radius 1 is 0.756 bits per heavy atom. The van der Waals surface area contributed by atoms with Crippen molar-refractivity contribution in [3.8, 4) is 5.88 Å². The fourth-order valence-corrected chi connectivity index (χ4v) is 3.26. The van der Waals surface area contributed by atoms with Crippen LogP contribution >= 0.6 is 87.4 Å². The van der Waals surface area contributed by atoms with Crippen molar-refractivity contribution in [3.63, 3.8) is 0 Å². The second-order valence-corrected chi connectivity index (χ2v) is 15.0. The Bertz CT molecular complexity index is 1560. The van der Waals surface area contributed by atoms with Crippen molar-refractivity contribution in [2.24, 2.45) is 20.5 Å². The number of hydrogen-bond donors (Lipinski definition) is 4. The molecule has 4 rings (SSSR count). The number of aromatic amines is 1. The summed E-state index contributed by atoms with van der Waals surface area (Å²) in [5, 5.41) is 22.2. The van der Waals surface area contributed by atoms with Gasteiger partial charge in [0.2, 0.25) is 11.6 Å². The van der Waals surface area contributed by atoms with Crippen molar-refractivity contribution in [2.45, 2.75) is 11.5 Å². The van der Waals surface area contributed by atoms with Crippen LogP contribution in [-0.4, -0.2) is 25.0 Å². The standard InChI is InChI=1S/C11H8Cl2N4S.C11H10N4O2S.Cl3OP/c12-10-9(11(13)15-8(6-18)14-10)17-16-7-4-2-1-3-5-7;16-10-9(11(17)13-8(6-18)12-10)15-14-7-4-2-1-3-5-7;1-5(2,3)4/h1-5,18H,6H2;1-5,18H,6H2,(H2,12,13,16,17);. The molecule has 2 heterocycles. The Balaban J connectivity index is 0.000000247. The number of nitrogens with one attached hydrogen (secondary N) is 1. The molecule has 216 valence electrons. The summed E-state index contributed by atoms with van der Waals surface area (Å²) in [6.45, 7) is 0. The van der Waals surface area contributed by atoms with Crippen LogP contribution in [0.2, 0.25) is 10.3 Å². The number of rotatable bonds is 6. The first-order chi connectivity index (χ1) is 19.4. The highest BCUT2D eigenvalue weighted by Gasteiger charge is 2.11. The average molecular weight is 715 g/mol. The van der Waals surface area contributed by atoms with Crippen LogP contribution in [0.5, 0.6) is 5.88 Å². The molecule has 0 spiro atoms. The predicted molar refractivity (Wildman–Crippen MR) is 170 cm³/mol. The minimum atomic E-state index is -3.22. The molecule has 0 amide bonds. The number of aromatic nitrogens is 4. The van der Waals surface area contributed by atoms with Gasteiger partial charge < -0.3 is 10.1 Å². The molecular formula is C22H18Cl5N8O3PS2. The van der Waals surface area contributed by atoms with Gasteiger partial charge in [-0.15, -0.1) is 10.2 Å². The maximum Gasteiger partial charge on any atom is 0.339 e. The topological polar surface area (TPSA) is 158 Å². The summed E-state index contributed by atoms with van der Waals surface area (Å²) >= 11 is 33.8. The molecule has 0 bridgehead atoms. The minimum Gasteiger partial charge on any atom is -0.492 e. The normalized spacial score (nSPS) is 11.1. The summed E-state index contributed by atoms with van der Waals surface area (Å²) in [5.41, 5.74) is 0.765. The molecule has 2 aromatic heterocycles. The number of benzene rings is 2. The first-order valence-corrected chi connectivity index (χ1v) is 17.2. The molecule has 4 aromatic rings. The Hall–Kier alpha value is -2.22. The van der Waals surface area contributed by atoms with Crippen LogP contribution in [-0.2, 0) is 16.1 Å². The van der Waals surface area contributed by atoms with E-state index < -0.39 is 16.6 Å². The fraction of sp³-hybridized carbons (Fsp3) is 0.0909. The molecule has 0 unspecified atom stereocenters. The van der Waals surface area contributed by atoms with Gasteiger partial charge in [-0.05, 0) is 58.0 Å². The summed E-state index contributed by atoms with van der Waals surface area (Å²) in [6, 6.07) is 18.1. The molecule has 0 atom stereocenters. The highest BCUT2D eigenvalue weighted by molar-refractivity contribution is 8.24. The van der Waals surface area contributed by atoms with Crippen molar-refractivity contribution in [3.05, 3.63) is 93.0 Å². The summed E-state index contributed by atoms with van der Waals surface area (Å²) in [5.74, 6) is 0.850. The van der Waals surface area contributed by atoms with Gasteiger partial charge in [0.25, 0.3) is 5.56 Å². The second-order valence-electron chi connectivity index (χ2n) is 7.04. The molecule has 41 heavy (non-hydrogen) atoms. The number of hydrogen-bond acceptors (Lipinski definition) is 12. The van der Waals surface area contributed by atoms with Gasteiger partial charge in [0.05, 0.1) is 17.1 Å². The van der Waals surface area contributed by atoms with E-state index >= 15 is 0 Å². The van der Waals surface area contributed by atoms with Crippen LogP contribution in [0.4, 0.5) is 22.7 Å². The highest BCUT2D eigenvalue weighted by atomic mass is 36.0. The number of H-pyrrole nitrogens is 1. The van der Waals surface area contributed by atoms with Gasteiger partial charge in [0, 0.05) is 5.75 Å². The van der Waals surface area contributed by atoms with E-state index in [1.54, 1.807) is 24.3 Å². The Morgan fingerprint density at radius 3 is 1.59 bits per heavy atom. The van der Waals surface area contributed by atoms with Gasteiger partial charge in [-0.25, -0.2) is 9.97 Å². The molecule has 0 radical (unpaired) electrons. The molecule has 2 N–H and O–H groups in total. The van der Waals surface area contributed by atoms with Crippen LogP contribution < -0.4 is 5.56 Å². The van der Waals surface area contributed by atoms with Gasteiger partial charge in [0.1, 0.15) is 11.6 Å². The monoisotopic (exact) mass is 712 g/mol. The molecule has 11 nitrogen and oxygen atoms in total. The first kappa shape index (κ1) is 35.0. The molecular weight excluding hydrogens is 697 g/mol. The van der Waals surface area contributed by atoms with Crippen molar-refractivity contribution >= 4 is 110 Å². The molecule has 19 heteroatoms. The van der Waals surface area contributed by atoms with E-state index in [1.807, 2.05) is 36.4 Å². The van der Waals surface area contributed by atoms with E-state index in [-0.39, 0.29) is 33.3 Å². The Morgan fingerprint density at radius 2 is 1.20 bits per heavy atom. The fourth-order valence-electron chi connectivity index (χ4n) is 2.47. The Labute approximate surface area is 269 Å². The molecule has 2 aromatic carbocycles. The van der Waals surface area contributed by atoms with E-state index in [0.29, 0.717) is 23.0 Å². The van der Waals surface area contributed by atoms with Gasteiger partial charge in [-0.1, -0.05) is 59.6 Å². The van der Waals surface area contributed by atoms with E-state index in [9.17, 15) is 14.5 Å². The van der Waals surface area contributed by atoms with Crippen LogP contribution in [0.25, 0.3) is 0 Å². The lowest BCUT2D eigenvalue weighted by molar-refractivity contribution is 0.450. The Kier molecular flexibility index (Phi) is 15.1. The SMILES string of the molecule is O=P(Cl)(Cl)Cl.O=c1[nH]c(CS)nc(O)c1N=Nc1ccccc1.SCc1nc(Cl)c(N=Nc2ccccc2)c(Cl)n1. The lowest BCUT2D eigenvalue weighted by atomic mass is 10.3. The third kappa shape index (κ3) is 13.5. The summed E-state index contributed by atoms with van der Waals surface area (Å²) in [6.07, 6.45) is 0. The predicted octanol–water partition coefficient (Wildman–Crippen LogP) is 9.76. The van der Waals surface area contributed by atoms with E-state index in [1.165, 1.54) is 0 Å². The zero-order chi connectivity index (χ0) is 30.4. The molecule has 0 saturated carbocycles. The molecule has 0 aliphatic carbocycles. The zero-order valence-corrected chi connectivity index (χ0v) is 26.8. The second kappa shape index (κ2) is 17.7. The van der Waals surface area contributed by atoms with E-state index in [2.05, 4.69) is 99.4 Å². The molecule has 0 aliphatic rings. The summed E-state index contributed by atoms with van der Waals surface area (Å²) in [7, 11) is 0. The smallest absolute Gasteiger partial charge is 0.339 e. The number of thiol groups is 2. The lowest BCUT2D eigenvalue weighted by Gasteiger charge is -2.01. The molecule has 0 fully saturated rings. The molecule has 0 aliphatic heterocycles. The van der Waals surface area contributed by atoms with Crippen LogP contribution in [0.15, 0.2) is 85.9 Å². The third-order valence-electron chi connectivity index (χ3n) is 4.11. The number of halogens is 5. The average Bonchev–Trinajstić information content (AvgIpc) is 2.92. The van der Waals surface area contributed by atoms with Gasteiger partial charge >= 0.3 is 5.20 Å². The zero-order valence-electron chi connectivity index (χ0n) is 20.3. The van der Waals surface area contributed by atoms with Gasteiger partial charge in [-0.3, -0.25) is 9.36 Å². The lowest BCUT2D eigenvalue weighted by Crippen LogP contribution is -2.09. The van der Waals surface area contributed by atoms with Crippen LogP contribution in [0, 0.1) is 0 Å². The van der Waals surface area contributed by atoms with E-state index in [4.69, 9.17) is 23.2 Å². The number of aromatic hydroxyl groups is 1. The van der Waals surface area contributed by atoms with E-state index in [0.717, 1.165) is 0 Å². The number of nitrogens with zero attached hydrogens (tertiary/aromatic N) is 7. The van der Waals surface area contributed by atoms with Crippen LogP contribution in [0.3, 0.4) is 0 Å². The first-order valence-electron chi connectivity index (χ1n) is 10.8. The van der Waals surface area contributed by atoms with Crippen molar-refractivity contribution in [1.29, 1.82) is 0 Å². The quantitative estimate of drug-likeness (QED) is 0.0674. The largest absolute Gasteiger partial charge is 0.492 e. The van der Waals surface area contributed by atoms with Gasteiger partial charge in [0.15, 0.2) is 16.0 Å². The van der Waals surface area contributed by atoms with Gasteiger partial charge in [-0.2, -0.15) is 40.5 Å². The minimum absolute atomic E-state index is 0.165. The van der Waals surface area contributed by atoms with Crippen molar-refractivity contribution < 1.29 is 9.67 Å².